The van der Waals surface area contributed by atoms with Gasteiger partial charge in [0.25, 0.3) is 0 Å². The normalized spacial score (nSPS) is 55.0. The lowest BCUT2D eigenvalue weighted by Gasteiger charge is -2.59. The largest absolute Gasteiger partial charge is 0.299 e. The molecule has 1 heteroatoms. The summed E-state index contributed by atoms with van der Waals surface area (Å²) in [6.07, 6.45) is 13.4. The van der Waals surface area contributed by atoms with Gasteiger partial charge < -0.3 is 0 Å². The van der Waals surface area contributed by atoms with Gasteiger partial charge in [0.05, 0.1) is 0 Å². The Morgan fingerprint density at radius 2 is 1.75 bits per heavy atom. The van der Waals surface area contributed by atoms with Crippen molar-refractivity contribution in [3.8, 4) is 0 Å². The summed E-state index contributed by atoms with van der Waals surface area (Å²) in [4.78, 5) is 12.4. The third-order valence-corrected chi connectivity index (χ3v) is 8.29. The molecule has 0 aromatic rings. The molecular formula is C19H30O. The van der Waals surface area contributed by atoms with E-state index in [1.807, 2.05) is 0 Å². The zero-order valence-electron chi connectivity index (χ0n) is 13.3. The van der Waals surface area contributed by atoms with Gasteiger partial charge in [0.2, 0.25) is 0 Å². The van der Waals surface area contributed by atoms with Crippen LogP contribution in [0.25, 0.3) is 0 Å². The van der Waals surface area contributed by atoms with Crippen LogP contribution in [-0.4, -0.2) is 5.78 Å². The smallest absolute Gasteiger partial charge is 0.139 e. The van der Waals surface area contributed by atoms with E-state index >= 15 is 0 Å². The Morgan fingerprint density at radius 3 is 2.60 bits per heavy atom. The van der Waals surface area contributed by atoms with E-state index in [0.717, 1.165) is 30.1 Å². The molecule has 0 heterocycles. The SMILES string of the molecule is C[C@]12CCCCC1CC[C@@H]1[C@H]2CC[C@]2(C)C(=O)CC[C@@H]12. The molecule has 0 aromatic heterocycles. The number of Topliss-reactive ketones (excluding diaryl/α,β-unsaturated/α-hetero) is 1. The van der Waals surface area contributed by atoms with Gasteiger partial charge in [-0.05, 0) is 74.0 Å². The maximum atomic E-state index is 12.4. The Bertz CT molecular complexity index is 427. The molecule has 0 radical (unpaired) electrons. The lowest BCUT2D eigenvalue weighted by molar-refractivity contribution is -0.138. The van der Waals surface area contributed by atoms with E-state index in [1.165, 1.54) is 57.8 Å². The highest BCUT2D eigenvalue weighted by Crippen LogP contribution is 2.65. The maximum Gasteiger partial charge on any atom is 0.139 e. The Balaban J connectivity index is 1.66. The lowest BCUT2D eigenvalue weighted by Crippen LogP contribution is -2.52. The van der Waals surface area contributed by atoms with E-state index in [0.29, 0.717) is 11.2 Å². The van der Waals surface area contributed by atoms with Crippen LogP contribution in [-0.2, 0) is 4.79 Å². The first-order valence-corrected chi connectivity index (χ1v) is 9.09. The average molecular weight is 274 g/mol. The van der Waals surface area contributed by atoms with Crippen LogP contribution in [0, 0.1) is 34.5 Å². The molecule has 0 N–H and O–H groups in total. The zero-order valence-corrected chi connectivity index (χ0v) is 13.3. The third-order valence-electron chi connectivity index (χ3n) is 8.29. The average Bonchev–Trinajstić information content (AvgIpc) is 2.74. The van der Waals surface area contributed by atoms with Crippen molar-refractivity contribution in [2.75, 3.05) is 0 Å². The van der Waals surface area contributed by atoms with E-state index in [1.54, 1.807) is 0 Å². The molecule has 20 heavy (non-hydrogen) atoms. The lowest BCUT2D eigenvalue weighted by atomic mass is 9.45. The first kappa shape index (κ1) is 13.3. The monoisotopic (exact) mass is 274 g/mol. The van der Waals surface area contributed by atoms with Gasteiger partial charge in [-0.3, -0.25) is 4.79 Å². The standard InChI is InChI=1S/C19H30O/c1-18-11-4-3-5-13(18)6-7-14-15-8-9-17(20)19(15,2)12-10-16(14)18/h13-16H,3-12H2,1-2H3/t13?,14-,15-,16+,18-,19-/m0/s1. The molecule has 0 aromatic carbocycles. The minimum absolute atomic E-state index is 0.0685. The van der Waals surface area contributed by atoms with Crippen LogP contribution in [0.3, 0.4) is 0 Å². The minimum Gasteiger partial charge on any atom is -0.299 e. The van der Waals surface area contributed by atoms with Gasteiger partial charge in [0, 0.05) is 11.8 Å². The Hall–Kier alpha value is -0.330. The first-order valence-electron chi connectivity index (χ1n) is 9.09. The second-order valence-corrected chi connectivity index (χ2v) is 8.82. The molecule has 4 rings (SSSR count). The van der Waals surface area contributed by atoms with Gasteiger partial charge in [0.15, 0.2) is 0 Å². The summed E-state index contributed by atoms with van der Waals surface area (Å²) < 4.78 is 0. The van der Waals surface area contributed by atoms with E-state index in [9.17, 15) is 4.79 Å². The van der Waals surface area contributed by atoms with Gasteiger partial charge in [-0.25, -0.2) is 0 Å². The number of fused-ring (bicyclic) bond motifs is 5. The van der Waals surface area contributed by atoms with Crippen molar-refractivity contribution in [1.29, 1.82) is 0 Å². The number of rotatable bonds is 0. The summed E-state index contributed by atoms with van der Waals surface area (Å²) in [6, 6.07) is 0. The quantitative estimate of drug-likeness (QED) is 0.608. The van der Waals surface area contributed by atoms with Gasteiger partial charge in [-0.15, -0.1) is 0 Å². The molecule has 112 valence electrons. The predicted molar refractivity (Wildman–Crippen MR) is 81.4 cm³/mol. The molecule has 0 spiro atoms. The number of carbonyl (C=O) groups excluding carboxylic acids is 1. The van der Waals surface area contributed by atoms with E-state index in [4.69, 9.17) is 0 Å². The summed E-state index contributed by atoms with van der Waals surface area (Å²) in [6.45, 7) is 4.92. The maximum absolute atomic E-state index is 12.4. The molecule has 1 unspecified atom stereocenters. The molecule has 1 nitrogen and oxygen atoms in total. The van der Waals surface area contributed by atoms with Crippen molar-refractivity contribution in [2.45, 2.75) is 78.1 Å². The molecule has 0 amide bonds. The zero-order chi connectivity index (χ0) is 14.0. The van der Waals surface area contributed by atoms with Crippen LogP contribution in [0.4, 0.5) is 0 Å². The molecule has 4 aliphatic rings. The Kier molecular flexibility index (Phi) is 2.89. The van der Waals surface area contributed by atoms with Crippen LogP contribution in [0.5, 0.6) is 0 Å². The number of carbonyl (C=O) groups is 1. The van der Waals surface area contributed by atoms with Crippen molar-refractivity contribution >= 4 is 5.78 Å². The highest BCUT2D eigenvalue weighted by molar-refractivity contribution is 5.87. The second-order valence-electron chi connectivity index (χ2n) is 8.82. The van der Waals surface area contributed by atoms with Crippen molar-refractivity contribution < 1.29 is 4.79 Å². The molecule has 0 bridgehead atoms. The van der Waals surface area contributed by atoms with Crippen LogP contribution >= 0.6 is 0 Å². The van der Waals surface area contributed by atoms with Gasteiger partial charge in [0.1, 0.15) is 5.78 Å². The minimum atomic E-state index is 0.0685. The van der Waals surface area contributed by atoms with Gasteiger partial charge in [-0.1, -0.05) is 26.7 Å². The number of ketones is 1. The molecule has 4 fully saturated rings. The molecular weight excluding hydrogens is 244 g/mol. The summed E-state index contributed by atoms with van der Waals surface area (Å²) in [5, 5.41) is 0. The van der Waals surface area contributed by atoms with E-state index < -0.39 is 0 Å². The van der Waals surface area contributed by atoms with Gasteiger partial charge in [-0.2, -0.15) is 0 Å². The molecule has 0 saturated heterocycles. The summed E-state index contributed by atoms with van der Waals surface area (Å²) in [5.41, 5.74) is 0.688. The summed E-state index contributed by atoms with van der Waals surface area (Å²) in [7, 11) is 0. The van der Waals surface area contributed by atoms with Crippen LogP contribution < -0.4 is 0 Å². The van der Waals surface area contributed by atoms with Crippen molar-refractivity contribution in [3.63, 3.8) is 0 Å². The fraction of sp³-hybridized carbons (Fsp3) is 0.947. The van der Waals surface area contributed by atoms with Crippen molar-refractivity contribution in [3.05, 3.63) is 0 Å². The van der Waals surface area contributed by atoms with Crippen molar-refractivity contribution in [1.82, 2.24) is 0 Å². The number of hydrogen-bond acceptors (Lipinski definition) is 1. The van der Waals surface area contributed by atoms with Crippen molar-refractivity contribution in [2.24, 2.45) is 34.5 Å². The summed E-state index contributed by atoms with van der Waals surface area (Å²) in [5.74, 6) is 4.13. The fourth-order valence-corrected chi connectivity index (χ4v) is 7.07. The molecule has 0 aliphatic heterocycles. The Labute approximate surface area is 123 Å². The predicted octanol–water partition coefficient (Wildman–Crippen LogP) is 4.99. The topological polar surface area (TPSA) is 17.1 Å². The Morgan fingerprint density at radius 1 is 0.900 bits per heavy atom. The molecule has 4 saturated carbocycles. The first-order chi connectivity index (χ1) is 9.56. The van der Waals surface area contributed by atoms with E-state index in [-0.39, 0.29) is 5.41 Å². The third kappa shape index (κ3) is 1.58. The number of hydrogen-bond donors (Lipinski definition) is 0. The van der Waals surface area contributed by atoms with Gasteiger partial charge >= 0.3 is 0 Å². The highest BCUT2D eigenvalue weighted by atomic mass is 16.1. The molecule has 6 atom stereocenters. The fourth-order valence-electron chi connectivity index (χ4n) is 7.07. The van der Waals surface area contributed by atoms with Crippen LogP contribution in [0.2, 0.25) is 0 Å². The summed E-state index contributed by atoms with van der Waals surface area (Å²) >= 11 is 0. The van der Waals surface area contributed by atoms with Crippen LogP contribution in [0.1, 0.15) is 78.1 Å². The molecule has 4 aliphatic carbocycles. The highest BCUT2D eigenvalue weighted by Gasteiger charge is 2.59. The second kappa shape index (κ2) is 4.34. The van der Waals surface area contributed by atoms with Crippen LogP contribution in [0.15, 0.2) is 0 Å². The van der Waals surface area contributed by atoms with E-state index in [2.05, 4.69) is 13.8 Å².